The minimum absolute atomic E-state index is 0.0723. The highest BCUT2D eigenvalue weighted by Gasteiger charge is 2.68. The summed E-state index contributed by atoms with van der Waals surface area (Å²) in [6, 6.07) is 4.38. The van der Waals surface area contributed by atoms with Crippen molar-refractivity contribution in [3.8, 4) is 0 Å². The Bertz CT molecular complexity index is 474. The molecule has 0 heterocycles. The first-order valence-electron chi connectivity index (χ1n) is 6.04. The van der Waals surface area contributed by atoms with E-state index in [0.29, 0.717) is 0 Å². The van der Waals surface area contributed by atoms with Gasteiger partial charge in [-0.1, -0.05) is 33.8 Å². The van der Waals surface area contributed by atoms with Crippen LogP contribution in [0.1, 0.15) is 27.7 Å². The number of benzene rings is 1. The van der Waals surface area contributed by atoms with Gasteiger partial charge in [0.2, 0.25) is 5.91 Å². The Morgan fingerprint density at radius 2 is 1.83 bits per heavy atom. The van der Waals surface area contributed by atoms with Crippen LogP contribution in [-0.2, 0) is 4.79 Å². The first kappa shape index (κ1) is 12.9. The normalized spacial score (nSPS) is 20.5. The van der Waals surface area contributed by atoms with Crippen LogP contribution in [0.2, 0.25) is 0 Å². The molecular formula is C14H19FN2O. The van der Waals surface area contributed by atoms with Crippen molar-refractivity contribution in [3.63, 3.8) is 0 Å². The maximum Gasteiger partial charge on any atom is 0.228 e. The fraction of sp³-hybridized carbons (Fsp3) is 0.500. The first-order chi connectivity index (χ1) is 8.19. The molecule has 0 atom stereocenters. The summed E-state index contributed by atoms with van der Waals surface area (Å²) in [5.41, 5.74) is 5.86. The number of nitrogens with one attached hydrogen (secondary N) is 1. The van der Waals surface area contributed by atoms with E-state index in [2.05, 4.69) is 5.32 Å². The molecule has 0 bridgehead atoms. The number of anilines is 2. The molecule has 1 amide bonds. The third kappa shape index (κ3) is 1.67. The number of halogens is 1. The quantitative estimate of drug-likeness (QED) is 0.793. The molecule has 3 N–H and O–H groups in total. The smallest absolute Gasteiger partial charge is 0.228 e. The topological polar surface area (TPSA) is 55.1 Å². The monoisotopic (exact) mass is 250 g/mol. The van der Waals surface area contributed by atoms with E-state index in [1.165, 1.54) is 12.1 Å². The summed E-state index contributed by atoms with van der Waals surface area (Å²) in [5, 5.41) is 2.61. The number of amides is 1. The van der Waals surface area contributed by atoms with Gasteiger partial charge in [-0.3, -0.25) is 4.79 Å². The van der Waals surface area contributed by atoms with Crippen molar-refractivity contribution in [2.75, 3.05) is 11.1 Å². The second-order valence-electron chi connectivity index (χ2n) is 6.07. The third-order valence-electron chi connectivity index (χ3n) is 4.58. The van der Waals surface area contributed by atoms with Crippen LogP contribution >= 0.6 is 0 Å². The molecule has 2 rings (SSSR count). The molecule has 0 unspecified atom stereocenters. The third-order valence-corrected chi connectivity index (χ3v) is 4.58. The highest BCUT2D eigenvalue weighted by atomic mass is 19.1. The number of hydrogen-bond acceptors (Lipinski definition) is 2. The fourth-order valence-electron chi connectivity index (χ4n) is 2.72. The summed E-state index contributed by atoms with van der Waals surface area (Å²) in [6.07, 6.45) is 0. The molecule has 1 aromatic carbocycles. The molecule has 4 heteroatoms. The first-order valence-corrected chi connectivity index (χ1v) is 6.04. The van der Waals surface area contributed by atoms with Crippen LogP contribution in [0, 0.1) is 22.6 Å². The zero-order valence-corrected chi connectivity index (χ0v) is 11.2. The van der Waals surface area contributed by atoms with Gasteiger partial charge in [0.05, 0.1) is 5.69 Å². The molecule has 1 saturated carbocycles. The van der Waals surface area contributed by atoms with Crippen molar-refractivity contribution < 1.29 is 9.18 Å². The molecule has 1 fully saturated rings. The summed E-state index contributed by atoms with van der Waals surface area (Å²) in [5.74, 6) is -0.787. The second kappa shape index (κ2) is 3.70. The van der Waals surface area contributed by atoms with Gasteiger partial charge >= 0.3 is 0 Å². The predicted octanol–water partition coefficient (Wildman–Crippen LogP) is 3.03. The van der Waals surface area contributed by atoms with Crippen LogP contribution in [0.3, 0.4) is 0 Å². The van der Waals surface area contributed by atoms with Gasteiger partial charge in [-0.25, -0.2) is 4.39 Å². The summed E-state index contributed by atoms with van der Waals surface area (Å²) >= 11 is 0. The number of hydrogen-bond donors (Lipinski definition) is 2. The average Bonchev–Trinajstić information content (AvgIpc) is 2.63. The van der Waals surface area contributed by atoms with Crippen LogP contribution < -0.4 is 11.1 Å². The maximum absolute atomic E-state index is 13.6. The van der Waals surface area contributed by atoms with Gasteiger partial charge in [0.25, 0.3) is 0 Å². The van der Waals surface area contributed by atoms with Crippen molar-refractivity contribution in [3.05, 3.63) is 24.0 Å². The Hall–Kier alpha value is -1.58. The molecule has 18 heavy (non-hydrogen) atoms. The number of nitrogens with two attached hydrogens (primary N) is 1. The highest BCUT2D eigenvalue weighted by molar-refractivity contribution is 5.98. The Balaban J connectivity index is 2.20. The predicted molar refractivity (Wildman–Crippen MR) is 70.5 cm³/mol. The van der Waals surface area contributed by atoms with Crippen molar-refractivity contribution in [1.29, 1.82) is 0 Å². The minimum Gasteiger partial charge on any atom is -0.397 e. The van der Waals surface area contributed by atoms with E-state index >= 15 is 0 Å². The van der Waals surface area contributed by atoms with Gasteiger partial charge in [0.15, 0.2) is 0 Å². The van der Waals surface area contributed by atoms with Crippen LogP contribution in [-0.4, -0.2) is 5.91 Å². The zero-order chi connectivity index (χ0) is 13.7. The Morgan fingerprint density at radius 3 is 2.28 bits per heavy atom. The van der Waals surface area contributed by atoms with Crippen molar-refractivity contribution in [2.24, 2.45) is 16.7 Å². The van der Waals surface area contributed by atoms with Crippen LogP contribution in [0.5, 0.6) is 0 Å². The van der Waals surface area contributed by atoms with E-state index in [1.54, 1.807) is 6.07 Å². The van der Waals surface area contributed by atoms with Crippen molar-refractivity contribution in [1.82, 2.24) is 0 Å². The summed E-state index contributed by atoms with van der Waals surface area (Å²) in [6.45, 7) is 8.17. The van der Waals surface area contributed by atoms with E-state index in [1.807, 2.05) is 27.7 Å². The Labute approximate surface area is 107 Å². The average molecular weight is 250 g/mol. The number of carbonyl (C=O) groups is 1. The summed E-state index contributed by atoms with van der Waals surface area (Å²) in [4.78, 5) is 12.2. The molecule has 3 nitrogen and oxygen atoms in total. The number of para-hydroxylation sites is 1. The zero-order valence-electron chi connectivity index (χ0n) is 11.2. The van der Waals surface area contributed by atoms with Gasteiger partial charge in [0, 0.05) is 5.92 Å². The van der Waals surface area contributed by atoms with E-state index in [4.69, 9.17) is 5.73 Å². The summed E-state index contributed by atoms with van der Waals surface area (Å²) < 4.78 is 13.6. The standard InChI is InChI=1S/C14H19FN2O/c1-13(2)11(14(13,3)4)12(18)17-10-8(15)6-5-7-9(10)16/h5-7,11H,16H2,1-4H3,(H,17,18). The molecule has 1 aliphatic rings. The lowest BCUT2D eigenvalue weighted by Gasteiger charge is -2.10. The van der Waals surface area contributed by atoms with E-state index < -0.39 is 5.82 Å². The molecule has 0 spiro atoms. The van der Waals surface area contributed by atoms with Crippen molar-refractivity contribution in [2.45, 2.75) is 27.7 Å². The lowest BCUT2D eigenvalue weighted by Crippen LogP contribution is -2.19. The molecule has 0 radical (unpaired) electrons. The molecule has 98 valence electrons. The lowest BCUT2D eigenvalue weighted by atomic mass is 10.0. The number of carbonyl (C=O) groups excluding carboxylic acids is 1. The molecule has 1 aliphatic carbocycles. The SMILES string of the molecule is CC1(C)C(C(=O)Nc2c(N)cccc2F)C1(C)C. The molecular weight excluding hydrogens is 231 g/mol. The second-order valence-corrected chi connectivity index (χ2v) is 6.07. The van der Waals surface area contributed by atoms with E-state index in [-0.39, 0.29) is 34.0 Å². The van der Waals surface area contributed by atoms with Crippen LogP contribution in [0.25, 0.3) is 0 Å². The van der Waals surface area contributed by atoms with Crippen LogP contribution in [0.4, 0.5) is 15.8 Å². The van der Waals surface area contributed by atoms with Gasteiger partial charge in [0.1, 0.15) is 11.5 Å². The van der Waals surface area contributed by atoms with E-state index in [0.717, 1.165) is 0 Å². The van der Waals surface area contributed by atoms with Gasteiger partial charge in [-0.05, 0) is 23.0 Å². The Kier molecular flexibility index (Phi) is 2.65. The van der Waals surface area contributed by atoms with Gasteiger partial charge < -0.3 is 11.1 Å². The molecule has 1 aromatic rings. The molecule has 0 aromatic heterocycles. The maximum atomic E-state index is 13.6. The Morgan fingerprint density at radius 1 is 1.28 bits per heavy atom. The van der Waals surface area contributed by atoms with Crippen LogP contribution in [0.15, 0.2) is 18.2 Å². The number of nitrogen functional groups attached to an aromatic ring is 1. The fourth-order valence-corrected chi connectivity index (χ4v) is 2.72. The van der Waals surface area contributed by atoms with Gasteiger partial charge in [-0.15, -0.1) is 0 Å². The largest absolute Gasteiger partial charge is 0.397 e. The molecule has 0 saturated heterocycles. The van der Waals surface area contributed by atoms with Crippen molar-refractivity contribution >= 4 is 17.3 Å². The minimum atomic E-state index is -0.500. The van der Waals surface area contributed by atoms with E-state index in [9.17, 15) is 9.18 Å². The highest BCUT2D eigenvalue weighted by Crippen LogP contribution is 2.68. The van der Waals surface area contributed by atoms with Gasteiger partial charge in [-0.2, -0.15) is 0 Å². The number of rotatable bonds is 2. The lowest BCUT2D eigenvalue weighted by molar-refractivity contribution is -0.118. The molecule has 0 aliphatic heterocycles. The summed E-state index contributed by atoms with van der Waals surface area (Å²) in [7, 11) is 0.